The lowest BCUT2D eigenvalue weighted by Gasteiger charge is -2.31. The molecule has 1 N–H and O–H groups in total. The van der Waals surface area contributed by atoms with Gasteiger partial charge in [-0.25, -0.2) is 0 Å². The van der Waals surface area contributed by atoms with Crippen molar-refractivity contribution in [1.29, 1.82) is 0 Å². The lowest BCUT2D eigenvalue weighted by atomic mass is 9.96. The second-order valence-electron chi connectivity index (χ2n) is 5.69. The summed E-state index contributed by atoms with van der Waals surface area (Å²) < 4.78 is 4.94. The summed E-state index contributed by atoms with van der Waals surface area (Å²) in [5.41, 5.74) is 0. The topological polar surface area (TPSA) is 70.6 Å². The lowest BCUT2D eigenvalue weighted by molar-refractivity contribution is -0.125. The van der Waals surface area contributed by atoms with E-state index in [0.29, 0.717) is 13.2 Å². The third kappa shape index (κ3) is 4.30. The average Bonchev–Trinajstić information content (AvgIpc) is 2.55. The minimum atomic E-state index is 0.0853. The molecule has 1 fully saturated rings. The van der Waals surface area contributed by atoms with E-state index in [1.165, 1.54) is 0 Å². The minimum absolute atomic E-state index is 0.0853. The van der Waals surface area contributed by atoms with Gasteiger partial charge in [-0.3, -0.25) is 4.79 Å². The average molecular weight is 307 g/mol. The van der Waals surface area contributed by atoms with Gasteiger partial charge in [-0.1, -0.05) is 0 Å². The molecule has 1 aliphatic heterocycles. The van der Waals surface area contributed by atoms with Gasteiger partial charge in [0.25, 0.3) is 0 Å². The van der Waals surface area contributed by atoms with Crippen LogP contribution < -0.4 is 15.1 Å². The number of nitrogens with one attached hydrogen (secondary N) is 1. The molecule has 7 heteroatoms. The van der Waals surface area contributed by atoms with E-state index in [1.807, 2.05) is 31.1 Å². The van der Waals surface area contributed by atoms with Crippen molar-refractivity contribution in [2.24, 2.45) is 5.92 Å². The molecule has 1 saturated heterocycles. The van der Waals surface area contributed by atoms with Gasteiger partial charge in [-0.15, -0.1) is 10.2 Å². The van der Waals surface area contributed by atoms with Gasteiger partial charge in [0, 0.05) is 46.8 Å². The highest BCUT2D eigenvalue weighted by molar-refractivity contribution is 5.78. The van der Waals surface area contributed by atoms with Gasteiger partial charge in [-0.05, 0) is 25.0 Å². The fourth-order valence-corrected chi connectivity index (χ4v) is 2.52. The van der Waals surface area contributed by atoms with Crippen LogP contribution in [0, 0.1) is 5.92 Å². The fourth-order valence-electron chi connectivity index (χ4n) is 2.52. The number of hydrogen-bond acceptors (Lipinski definition) is 6. The predicted molar refractivity (Wildman–Crippen MR) is 86.2 cm³/mol. The first kappa shape index (κ1) is 16.5. The third-order valence-electron chi connectivity index (χ3n) is 3.89. The number of nitrogens with zero attached hydrogens (tertiary/aromatic N) is 4. The Morgan fingerprint density at radius 2 is 2.09 bits per heavy atom. The number of piperidine rings is 1. The normalized spacial score (nSPS) is 15.7. The number of hydrogen-bond donors (Lipinski definition) is 1. The van der Waals surface area contributed by atoms with Crippen LogP contribution in [0.15, 0.2) is 12.1 Å². The number of carbonyl (C=O) groups is 1. The summed E-state index contributed by atoms with van der Waals surface area (Å²) in [4.78, 5) is 16.1. The smallest absolute Gasteiger partial charge is 0.223 e. The Kier molecular flexibility index (Phi) is 5.94. The second kappa shape index (κ2) is 7.93. The van der Waals surface area contributed by atoms with Gasteiger partial charge < -0.3 is 19.9 Å². The molecule has 0 atom stereocenters. The molecule has 1 aliphatic rings. The number of rotatable bonds is 6. The molecule has 2 heterocycles. The van der Waals surface area contributed by atoms with Crippen LogP contribution in [0.25, 0.3) is 0 Å². The van der Waals surface area contributed by atoms with Crippen LogP contribution in [0.2, 0.25) is 0 Å². The number of carbonyl (C=O) groups excluding carboxylic acids is 1. The first-order chi connectivity index (χ1) is 10.6. The van der Waals surface area contributed by atoms with E-state index in [4.69, 9.17) is 4.74 Å². The zero-order valence-corrected chi connectivity index (χ0v) is 13.6. The maximum atomic E-state index is 12.0. The van der Waals surface area contributed by atoms with Crippen LogP contribution in [0.4, 0.5) is 11.6 Å². The van der Waals surface area contributed by atoms with Crippen LogP contribution in [-0.2, 0) is 9.53 Å². The second-order valence-corrected chi connectivity index (χ2v) is 5.69. The SMILES string of the molecule is COCCNC(=O)C1CCN(c2ccc(N(C)C)nn2)CC1. The predicted octanol–water partition coefficient (Wildman–Crippen LogP) is 0.522. The summed E-state index contributed by atoms with van der Waals surface area (Å²) >= 11 is 0. The number of methoxy groups -OCH3 is 1. The molecular weight excluding hydrogens is 282 g/mol. The van der Waals surface area contributed by atoms with Gasteiger partial charge in [0.15, 0.2) is 11.6 Å². The molecule has 1 amide bonds. The summed E-state index contributed by atoms with van der Waals surface area (Å²) in [6.07, 6.45) is 1.69. The highest BCUT2D eigenvalue weighted by Crippen LogP contribution is 2.22. The molecule has 22 heavy (non-hydrogen) atoms. The number of ether oxygens (including phenoxy) is 1. The van der Waals surface area contributed by atoms with E-state index < -0.39 is 0 Å². The number of aromatic nitrogens is 2. The van der Waals surface area contributed by atoms with Crippen LogP contribution in [0.1, 0.15) is 12.8 Å². The molecule has 0 aromatic carbocycles. The zero-order valence-electron chi connectivity index (χ0n) is 13.6. The van der Waals surface area contributed by atoms with Gasteiger partial charge in [0.05, 0.1) is 6.61 Å². The molecule has 7 nitrogen and oxygen atoms in total. The Hall–Kier alpha value is -1.89. The highest BCUT2D eigenvalue weighted by Gasteiger charge is 2.25. The Morgan fingerprint density at radius 1 is 1.36 bits per heavy atom. The molecular formula is C15H25N5O2. The molecule has 0 bridgehead atoms. The third-order valence-corrected chi connectivity index (χ3v) is 3.89. The quantitative estimate of drug-likeness (QED) is 0.773. The number of amides is 1. The molecule has 0 radical (unpaired) electrons. The highest BCUT2D eigenvalue weighted by atomic mass is 16.5. The van der Waals surface area contributed by atoms with Crippen molar-refractivity contribution in [3.8, 4) is 0 Å². The summed E-state index contributed by atoms with van der Waals surface area (Å²) in [5, 5.41) is 11.4. The molecule has 1 aromatic rings. The Labute approximate surface area is 131 Å². The molecule has 2 rings (SSSR count). The summed E-state index contributed by atoms with van der Waals surface area (Å²) in [7, 11) is 5.52. The molecule has 0 saturated carbocycles. The van der Waals surface area contributed by atoms with Crippen molar-refractivity contribution < 1.29 is 9.53 Å². The van der Waals surface area contributed by atoms with Crippen molar-refractivity contribution in [2.45, 2.75) is 12.8 Å². The summed E-state index contributed by atoms with van der Waals surface area (Å²) in [6.45, 7) is 2.79. The van der Waals surface area contributed by atoms with E-state index >= 15 is 0 Å². The largest absolute Gasteiger partial charge is 0.383 e. The minimum Gasteiger partial charge on any atom is -0.383 e. The lowest BCUT2D eigenvalue weighted by Crippen LogP contribution is -2.41. The van der Waals surface area contributed by atoms with Crippen molar-refractivity contribution in [2.75, 3.05) is 57.2 Å². The van der Waals surface area contributed by atoms with Gasteiger partial charge in [-0.2, -0.15) is 0 Å². The van der Waals surface area contributed by atoms with E-state index in [-0.39, 0.29) is 11.8 Å². The van der Waals surface area contributed by atoms with Gasteiger partial charge in [0.1, 0.15) is 0 Å². The van der Waals surface area contributed by atoms with Crippen LogP contribution >= 0.6 is 0 Å². The molecule has 0 aliphatic carbocycles. The van der Waals surface area contributed by atoms with Gasteiger partial charge in [0.2, 0.25) is 5.91 Å². The van der Waals surface area contributed by atoms with E-state index in [0.717, 1.165) is 37.6 Å². The molecule has 0 spiro atoms. The number of anilines is 2. The Balaban J connectivity index is 1.82. The maximum absolute atomic E-state index is 12.0. The van der Waals surface area contributed by atoms with E-state index in [1.54, 1.807) is 7.11 Å². The Bertz CT molecular complexity index is 469. The summed E-state index contributed by atoms with van der Waals surface area (Å²) in [6, 6.07) is 3.95. The standard InChI is InChI=1S/C15H25N5O2/c1-19(2)13-4-5-14(18-17-13)20-9-6-12(7-10-20)15(21)16-8-11-22-3/h4-5,12H,6-11H2,1-3H3,(H,16,21). The maximum Gasteiger partial charge on any atom is 0.223 e. The molecule has 0 unspecified atom stereocenters. The van der Waals surface area contributed by atoms with Gasteiger partial charge >= 0.3 is 0 Å². The van der Waals surface area contributed by atoms with Crippen molar-refractivity contribution in [1.82, 2.24) is 15.5 Å². The first-order valence-corrected chi connectivity index (χ1v) is 7.64. The van der Waals surface area contributed by atoms with Crippen molar-refractivity contribution >= 4 is 17.5 Å². The van der Waals surface area contributed by atoms with Crippen molar-refractivity contribution in [3.63, 3.8) is 0 Å². The van der Waals surface area contributed by atoms with Crippen LogP contribution in [-0.4, -0.2) is 63.6 Å². The van der Waals surface area contributed by atoms with E-state index in [2.05, 4.69) is 20.4 Å². The zero-order chi connectivity index (χ0) is 15.9. The van der Waals surface area contributed by atoms with Crippen molar-refractivity contribution in [3.05, 3.63) is 12.1 Å². The fraction of sp³-hybridized carbons (Fsp3) is 0.667. The summed E-state index contributed by atoms with van der Waals surface area (Å²) in [5.74, 6) is 1.94. The first-order valence-electron chi connectivity index (χ1n) is 7.64. The Morgan fingerprint density at radius 3 is 2.64 bits per heavy atom. The molecule has 1 aromatic heterocycles. The monoisotopic (exact) mass is 307 g/mol. The van der Waals surface area contributed by atoms with Crippen LogP contribution in [0.3, 0.4) is 0 Å². The van der Waals surface area contributed by atoms with Crippen LogP contribution in [0.5, 0.6) is 0 Å². The van der Waals surface area contributed by atoms with E-state index in [9.17, 15) is 4.79 Å². The molecule has 122 valence electrons.